The number of aromatic amines is 1. The van der Waals surface area contributed by atoms with Crippen LogP contribution in [0.3, 0.4) is 0 Å². The molecule has 6 heteroatoms. The maximum absolute atomic E-state index is 11.9. The van der Waals surface area contributed by atoms with E-state index < -0.39 is 0 Å². The maximum Gasteiger partial charge on any atom is 0.251 e. The third-order valence-electron chi connectivity index (χ3n) is 2.61. The molecule has 0 spiro atoms. The van der Waals surface area contributed by atoms with Crippen molar-refractivity contribution in [1.82, 2.24) is 15.3 Å². The number of hydrogen-bond donors (Lipinski definition) is 2. The van der Waals surface area contributed by atoms with Crippen LogP contribution < -0.4 is 5.32 Å². The zero-order valence-electron chi connectivity index (χ0n) is 10.1. The van der Waals surface area contributed by atoms with Crippen LogP contribution in [-0.4, -0.2) is 22.4 Å². The molecule has 2 N–H and O–H groups in total. The fraction of sp³-hybridized carbons (Fsp3) is 0.231. The lowest BCUT2D eigenvalue weighted by atomic mass is 10.2. The molecule has 0 atom stereocenters. The number of aryl methyl sites for hydroxylation is 1. The van der Waals surface area contributed by atoms with Crippen molar-refractivity contribution in [2.24, 2.45) is 0 Å². The average molecular weight is 343 g/mol. The van der Waals surface area contributed by atoms with Gasteiger partial charge in [-0.05, 0) is 40.5 Å². The van der Waals surface area contributed by atoms with E-state index in [2.05, 4.69) is 31.2 Å². The number of H-pyrrole nitrogens is 1. The van der Waals surface area contributed by atoms with Gasteiger partial charge in [0, 0.05) is 35.4 Å². The van der Waals surface area contributed by atoms with Crippen LogP contribution in [0.4, 0.5) is 0 Å². The van der Waals surface area contributed by atoms with Gasteiger partial charge in [-0.15, -0.1) is 0 Å². The zero-order valence-corrected chi connectivity index (χ0v) is 12.5. The summed E-state index contributed by atoms with van der Waals surface area (Å²) in [7, 11) is 0. The van der Waals surface area contributed by atoms with Crippen molar-refractivity contribution in [1.29, 1.82) is 0 Å². The molecule has 4 nitrogen and oxygen atoms in total. The topological polar surface area (TPSA) is 57.8 Å². The minimum Gasteiger partial charge on any atom is -0.352 e. The molecule has 0 unspecified atom stereocenters. The molecule has 0 fully saturated rings. The van der Waals surface area contributed by atoms with Gasteiger partial charge in [0.2, 0.25) is 0 Å². The van der Waals surface area contributed by atoms with E-state index in [0.29, 0.717) is 17.1 Å². The second kappa shape index (κ2) is 6.73. The quantitative estimate of drug-likeness (QED) is 0.820. The van der Waals surface area contributed by atoms with Crippen molar-refractivity contribution in [3.63, 3.8) is 0 Å². The number of carbonyl (C=O) groups is 1. The molecular weight excluding hydrogens is 330 g/mol. The highest BCUT2D eigenvalue weighted by Crippen LogP contribution is 2.23. The van der Waals surface area contributed by atoms with Crippen LogP contribution >= 0.6 is 27.5 Å². The second-order valence-electron chi connectivity index (χ2n) is 4.02. The first-order chi connectivity index (χ1) is 9.16. The summed E-state index contributed by atoms with van der Waals surface area (Å²) in [6.45, 7) is 0.604. The lowest BCUT2D eigenvalue weighted by Crippen LogP contribution is -2.24. The van der Waals surface area contributed by atoms with Gasteiger partial charge in [0.15, 0.2) is 0 Å². The van der Waals surface area contributed by atoms with Gasteiger partial charge in [0.05, 0.1) is 5.02 Å². The van der Waals surface area contributed by atoms with E-state index in [0.717, 1.165) is 23.1 Å². The summed E-state index contributed by atoms with van der Waals surface area (Å²) in [5, 5.41) is 3.38. The number of halogens is 2. The molecule has 2 rings (SSSR count). The number of carbonyl (C=O) groups excluding carboxylic acids is 1. The molecule has 0 saturated heterocycles. The number of rotatable bonds is 5. The number of amides is 1. The van der Waals surface area contributed by atoms with Crippen LogP contribution in [0.1, 0.15) is 22.6 Å². The van der Waals surface area contributed by atoms with Crippen LogP contribution in [0, 0.1) is 0 Å². The van der Waals surface area contributed by atoms with E-state index in [9.17, 15) is 4.79 Å². The van der Waals surface area contributed by atoms with Crippen molar-refractivity contribution < 1.29 is 4.79 Å². The molecule has 0 aliphatic carbocycles. The number of imidazole rings is 1. The molecule has 1 heterocycles. The highest BCUT2D eigenvalue weighted by atomic mass is 79.9. The summed E-state index contributed by atoms with van der Waals surface area (Å²) in [5.74, 6) is 0.815. The summed E-state index contributed by atoms with van der Waals surface area (Å²) in [5.41, 5.74) is 0.561. The van der Waals surface area contributed by atoms with E-state index in [1.54, 1.807) is 30.6 Å². The summed E-state index contributed by atoms with van der Waals surface area (Å²) in [6, 6.07) is 5.14. The third kappa shape index (κ3) is 4.08. The lowest BCUT2D eigenvalue weighted by Gasteiger charge is -2.05. The zero-order chi connectivity index (χ0) is 13.7. The fourth-order valence-corrected chi connectivity index (χ4v) is 2.06. The van der Waals surface area contributed by atoms with Crippen molar-refractivity contribution >= 4 is 33.4 Å². The van der Waals surface area contributed by atoms with Crippen molar-refractivity contribution in [2.75, 3.05) is 6.54 Å². The van der Waals surface area contributed by atoms with Crippen LogP contribution in [0.25, 0.3) is 0 Å². The Morgan fingerprint density at radius 2 is 2.32 bits per heavy atom. The minimum atomic E-state index is -0.117. The Morgan fingerprint density at radius 1 is 1.47 bits per heavy atom. The lowest BCUT2D eigenvalue weighted by molar-refractivity contribution is 0.0953. The van der Waals surface area contributed by atoms with Gasteiger partial charge >= 0.3 is 0 Å². The Morgan fingerprint density at radius 3 is 3.00 bits per heavy atom. The highest BCUT2D eigenvalue weighted by Gasteiger charge is 2.07. The number of aromatic nitrogens is 2. The normalized spacial score (nSPS) is 10.4. The Labute approximate surface area is 124 Å². The van der Waals surface area contributed by atoms with E-state index in [-0.39, 0.29) is 5.91 Å². The van der Waals surface area contributed by atoms with Crippen LogP contribution in [0.2, 0.25) is 5.02 Å². The smallest absolute Gasteiger partial charge is 0.251 e. The van der Waals surface area contributed by atoms with Crippen LogP contribution in [0.15, 0.2) is 35.1 Å². The first-order valence-corrected chi connectivity index (χ1v) is 7.05. The van der Waals surface area contributed by atoms with Crippen molar-refractivity contribution in [3.05, 3.63) is 51.5 Å². The van der Waals surface area contributed by atoms with Gasteiger partial charge in [-0.25, -0.2) is 4.98 Å². The summed E-state index contributed by atoms with van der Waals surface area (Å²) in [6.07, 6.45) is 5.16. The van der Waals surface area contributed by atoms with Gasteiger partial charge in [-0.2, -0.15) is 0 Å². The Bertz CT molecular complexity index is 557. The first kappa shape index (κ1) is 14.1. The molecule has 1 aromatic carbocycles. The molecule has 0 aliphatic heterocycles. The molecule has 19 heavy (non-hydrogen) atoms. The average Bonchev–Trinajstić information content (AvgIpc) is 2.91. The van der Waals surface area contributed by atoms with Gasteiger partial charge in [-0.3, -0.25) is 4.79 Å². The SMILES string of the molecule is O=C(NCCCc1ncc[nH]1)c1ccc(Br)c(Cl)c1. The molecule has 0 bridgehead atoms. The summed E-state index contributed by atoms with van der Waals surface area (Å²) < 4.78 is 0.781. The first-order valence-electron chi connectivity index (χ1n) is 5.88. The molecule has 0 aliphatic rings. The molecule has 0 radical (unpaired) electrons. The van der Waals surface area contributed by atoms with Crippen molar-refractivity contribution in [3.8, 4) is 0 Å². The van der Waals surface area contributed by atoms with Crippen molar-refractivity contribution in [2.45, 2.75) is 12.8 Å². The molecule has 100 valence electrons. The predicted molar refractivity (Wildman–Crippen MR) is 78.4 cm³/mol. The second-order valence-corrected chi connectivity index (χ2v) is 5.29. The Kier molecular flexibility index (Phi) is 4.99. The third-order valence-corrected chi connectivity index (χ3v) is 3.85. The van der Waals surface area contributed by atoms with E-state index in [4.69, 9.17) is 11.6 Å². The van der Waals surface area contributed by atoms with Gasteiger partial charge < -0.3 is 10.3 Å². The molecular formula is C13H13BrClN3O. The van der Waals surface area contributed by atoms with E-state index in [1.807, 2.05) is 0 Å². The van der Waals surface area contributed by atoms with Gasteiger partial charge in [-0.1, -0.05) is 11.6 Å². The Hall–Kier alpha value is -1.33. The predicted octanol–water partition coefficient (Wildman–Crippen LogP) is 3.19. The highest BCUT2D eigenvalue weighted by molar-refractivity contribution is 9.10. The largest absolute Gasteiger partial charge is 0.352 e. The van der Waals surface area contributed by atoms with Crippen LogP contribution in [0.5, 0.6) is 0 Å². The summed E-state index contributed by atoms with van der Waals surface area (Å²) in [4.78, 5) is 19.0. The summed E-state index contributed by atoms with van der Waals surface area (Å²) >= 11 is 9.24. The Balaban J connectivity index is 1.79. The maximum atomic E-state index is 11.9. The van der Waals surface area contributed by atoms with E-state index in [1.165, 1.54) is 0 Å². The number of nitrogens with zero attached hydrogens (tertiary/aromatic N) is 1. The standard InChI is InChI=1S/C13H13BrClN3O/c14-10-4-3-9(8-11(10)15)13(19)18-5-1-2-12-16-6-7-17-12/h3-4,6-8H,1-2,5H2,(H,16,17)(H,18,19). The number of benzene rings is 1. The molecule has 1 aromatic heterocycles. The van der Waals surface area contributed by atoms with Crippen LogP contribution in [-0.2, 0) is 6.42 Å². The van der Waals surface area contributed by atoms with Gasteiger partial charge in [0.1, 0.15) is 5.82 Å². The molecule has 1 amide bonds. The van der Waals surface area contributed by atoms with Gasteiger partial charge in [0.25, 0.3) is 5.91 Å². The number of nitrogens with one attached hydrogen (secondary N) is 2. The van der Waals surface area contributed by atoms with E-state index >= 15 is 0 Å². The molecule has 0 saturated carbocycles. The molecule has 2 aromatic rings. The number of hydrogen-bond acceptors (Lipinski definition) is 2. The fourth-order valence-electron chi connectivity index (χ4n) is 1.63. The minimum absolute atomic E-state index is 0.117. The monoisotopic (exact) mass is 341 g/mol.